The Kier molecular flexibility index (Phi) is 3.48. The van der Waals surface area contributed by atoms with Crippen molar-refractivity contribution in [3.8, 4) is 0 Å². The summed E-state index contributed by atoms with van der Waals surface area (Å²) in [6.07, 6.45) is -3.57. The van der Waals surface area contributed by atoms with Crippen molar-refractivity contribution in [2.24, 2.45) is 0 Å². The van der Waals surface area contributed by atoms with E-state index in [2.05, 4.69) is 9.97 Å². The average Bonchev–Trinajstić information content (AvgIpc) is 2.38. The van der Waals surface area contributed by atoms with Gasteiger partial charge in [0.25, 0.3) is 0 Å². The molecule has 0 radical (unpaired) electrons. The van der Waals surface area contributed by atoms with Crippen LogP contribution in [0.5, 0.6) is 0 Å². The van der Waals surface area contributed by atoms with Crippen LogP contribution in [0.25, 0.3) is 0 Å². The average molecular weight is 272 g/mol. The van der Waals surface area contributed by atoms with Gasteiger partial charge >= 0.3 is 6.18 Å². The van der Waals surface area contributed by atoms with Gasteiger partial charge in [-0.3, -0.25) is 0 Å². The van der Waals surface area contributed by atoms with Crippen LogP contribution in [-0.2, 0) is 6.18 Å². The van der Waals surface area contributed by atoms with Gasteiger partial charge in [-0.05, 0) is 23.8 Å². The second kappa shape index (κ2) is 4.93. The smallest absolute Gasteiger partial charge is 0.380 e. The number of aromatic nitrogens is 2. The van der Waals surface area contributed by atoms with Gasteiger partial charge in [0.05, 0.1) is 5.56 Å². The summed E-state index contributed by atoms with van der Waals surface area (Å²) in [5.74, 6) is -1.44. The first-order valence-corrected chi connectivity index (χ1v) is 5.21. The minimum absolute atomic E-state index is 0.0535. The van der Waals surface area contributed by atoms with Crippen LogP contribution >= 0.6 is 0 Å². The highest BCUT2D eigenvalue weighted by Crippen LogP contribution is 2.33. The normalized spacial score (nSPS) is 13.3. The Hall–Kier alpha value is -2.02. The molecule has 100 valence electrons. The number of halogens is 4. The fraction of sp³-hybridized carbons (Fsp3) is 0.167. The van der Waals surface area contributed by atoms with E-state index in [0.717, 1.165) is 6.07 Å². The molecule has 1 aromatic heterocycles. The molecule has 2 rings (SSSR count). The Labute approximate surface area is 105 Å². The zero-order valence-electron chi connectivity index (χ0n) is 9.39. The fourth-order valence-electron chi connectivity index (χ4n) is 1.53. The lowest BCUT2D eigenvalue weighted by atomic mass is 10.0. The molecular formula is C12H8F4N2O. The van der Waals surface area contributed by atoms with Crippen molar-refractivity contribution >= 4 is 0 Å². The van der Waals surface area contributed by atoms with Gasteiger partial charge in [0, 0.05) is 12.4 Å². The van der Waals surface area contributed by atoms with Crippen molar-refractivity contribution in [2.45, 2.75) is 12.3 Å². The minimum atomic E-state index is -4.82. The first-order chi connectivity index (χ1) is 8.89. The summed E-state index contributed by atoms with van der Waals surface area (Å²) in [5.41, 5.74) is -1.56. The largest absolute Gasteiger partial charge is 0.419 e. The quantitative estimate of drug-likeness (QED) is 0.855. The first-order valence-electron chi connectivity index (χ1n) is 5.21. The number of hydrogen-bond acceptors (Lipinski definition) is 3. The summed E-state index contributed by atoms with van der Waals surface area (Å²) in [5, 5.41) is 9.86. The summed E-state index contributed by atoms with van der Waals surface area (Å²) in [7, 11) is 0. The highest BCUT2D eigenvalue weighted by molar-refractivity contribution is 5.31. The van der Waals surface area contributed by atoms with Crippen molar-refractivity contribution in [3.05, 3.63) is 59.4 Å². The first kappa shape index (κ1) is 13.4. The van der Waals surface area contributed by atoms with Gasteiger partial charge in [0.1, 0.15) is 11.9 Å². The molecule has 1 heterocycles. The maximum atomic E-state index is 13.1. The molecule has 0 spiro atoms. The van der Waals surface area contributed by atoms with E-state index in [1.165, 1.54) is 18.5 Å². The van der Waals surface area contributed by atoms with Crippen molar-refractivity contribution in [1.82, 2.24) is 9.97 Å². The molecule has 3 nitrogen and oxygen atoms in total. The van der Waals surface area contributed by atoms with Crippen LogP contribution in [0.15, 0.2) is 36.7 Å². The third-order valence-corrected chi connectivity index (χ3v) is 2.44. The molecule has 0 aliphatic rings. The van der Waals surface area contributed by atoms with Gasteiger partial charge in [0.2, 0.25) is 0 Å². The summed E-state index contributed by atoms with van der Waals surface area (Å²) >= 11 is 0. The van der Waals surface area contributed by atoms with Crippen LogP contribution in [0.1, 0.15) is 23.1 Å². The highest BCUT2D eigenvalue weighted by atomic mass is 19.4. The van der Waals surface area contributed by atoms with Gasteiger partial charge in [-0.1, -0.05) is 6.07 Å². The number of aliphatic hydroxyl groups excluding tert-OH is 1. The van der Waals surface area contributed by atoms with Crippen LogP contribution in [0, 0.1) is 5.82 Å². The zero-order chi connectivity index (χ0) is 14.0. The molecule has 2 aromatic rings. The Balaban J connectivity index is 2.42. The Morgan fingerprint density at radius 2 is 1.74 bits per heavy atom. The third-order valence-electron chi connectivity index (χ3n) is 2.44. The van der Waals surface area contributed by atoms with Crippen molar-refractivity contribution in [2.75, 3.05) is 0 Å². The molecule has 0 aliphatic carbocycles. The van der Waals surface area contributed by atoms with E-state index in [0.29, 0.717) is 12.1 Å². The van der Waals surface area contributed by atoms with Crippen LogP contribution in [-0.4, -0.2) is 15.1 Å². The standard InChI is InChI=1S/C12H8F4N2O/c13-9-3-2-7(6-8(9)12(14,15)16)10(19)11-17-4-1-5-18-11/h1-6,10,19H. The van der Waals surface area contributed by atoms with E-state index in [1.54, 1.807) is 0 Å². The summed E-state index contributed by atoms with van der Waals surface area (Å²) in [6, 6.07) is 3.77. The lowest BCUT2D eigenvalue weighted by molar-refractivity contribution is -0.140. The summed E-state index contributed by atoms with van der Waals surface area (Å²) in [4.78, 5) is 7.47. The van der Waals surface area contributed by atoms with Gasteiger partial charge in [-0.25, -0.2) is 14.4 Å². The molecule has 1 unspecified atom stereocenters. The van der Waals surface area contributed by atoms with E-state index in [-0.39, 0.29) is 11.4 Å². The molecule has 0 fully saturated rings. The van der Waals surface area contributed by atoms with E-state index in [1.807, 2.05) is 0 Å². The van der Waals surface area contributed by atoms with Crippen LogP contribution in [0.4, 0.5) is 17.6 Å². The Bertz CT molecular complexity index is 572. The van der Waals surface area contributed by atoms with Crippen LogP contribution in [0.2, 0.25) is 0 Å². The third kappa shape index (κ3) is 2.87. The molecule has 0 saturated carbocycles. The molecule has 7 heteroatoms. The molecule has 0 amide bonds. The SMILES string of the molecule is OC(c1ccc(F)c(C(F)(F)F)c1)c1ncccn1. The Morgan fingerprint density at radius 1 is 1.11 bits per heavy atom. The van der Waals surface area contributed by atoms with Crippen molar-refractivity contribution in [3.63, 3.8) is 0 Å². The number of benzene rings is 1. The second-order valence-corrected chi connectivity index (χ2v) is 3.75. The lowest BCUT2D eigenvalue weighted by Gasteiger charge is -2.13. The van der Waals surface area contributed by atoms with E-state index in [4.69, 9.17) is 0 Å². The number of aliphatic hydroxyl groups is 1. The molecule has 1 atom stereocenters. The molecule has 0 aliphatic heterocycles. The van der Waals surface area contributed by atoms with Crippen molar-refractivity contribution < 1.29 is 22.7 Å². The Morgan fingerprint density at radius 3 is 2.32 bits per heavy atom. The van der Waals surface area contributed by atoms with Crippen LogP contribution < -0.4 is 0 Å². The molecule has 19 heavy (non-hydrogen) atoms. The lowest BCUT2D eigenvalue weighted by Crippen LogP contribution is -2.11. The maximum Gasteiger partial charge on any atom is 0.419 e. The van der Waals surface area contributed by atoms with Gasteiger partial charge in [-0.2, -0.15) is 13.2 Å². The topological polar surface area (TPSA) is 46.0 Å². The molecule has 0 bridgehead atoms. The van der Waals surface area contributed by atoms with E-state index >= 15 is 0 Å². The highest BCUT2D eigenvalue weighted by Gasteiger charge is 2.34. The number of nitrogens with zero attached hydrogens (tertiary/aromatic N) is 2. The van der Waals surface area contributed by atoms with Crippen molar-refractivity contribution in [1.29, 1.82) is 0 Å². The monoisotopic (exact) mass is 272 g/mol. The molecule has 0 saturated heterocycles. The summed E-state index contributed by atoms with van der Waals surface area (Å²) < 4.78 is 50.7. The van der Waals surface area contributed by atoms with Gasteiger partial charge < -0.3 is 5.11 Å². The zero-order valence-corrected chi connectivity index (χ0v) is 9.39. The van der Waals surface area contributed by atoms with Gasteiger partial charge in [0.15, 0.2) is 5.82 Å². The molecular weight excluding hydrogens is 264 g/mol. The maximum absolute atomic E-state index is 13.1. The number of rotatable bonds is 2. The number of hydrogen-bond donors (Lipinski definition) is 1. The fourth-order valence-corrected chi connectivity index (χ4v) is 1.53. The van der Waals surface area contributed by atoms with E-state index < -0.39 is 23.7 Å². The van der Waals surface area contributed by atoms with Crippen LogP contribution in [0.3, 0.4) is 0 Å². The number of alkyl halides is 3. The second-order valence-electron chi connectivity index (χ2n) is 3.75. The molecule has 1 N–H and O–H groups in total. The van der Waals surface area contributed by atoms with Gasteiger partial charge in [-0.15, -0.1) is 0 Å². The van der Waals surface area contributed by atoms with E-state index in [9.17, 15) is 22.7 Å². The predicted octanol–water partition coefficient (Wildman–Crippen LogP) is 2.72. The molecule has 1 aromatic carbocycles. The summed E-state index contributed by atoms with van der Waals surface area (Å²) in [6.45, 7) is 0. The minimum Gasteiger partial charge on any atom is -0.380 e. The predicted molar refractivity (Wildman–Crippen MR) is 57.5 cm³/mol.